The zero-order chi connectivity index (χ0) is 14.5. The van der Waals surface area contributed by atoms with Crippen LogP contribution in [0.5, 0.6) is 11.5 Å². The van der Waals surface area contributed by atoms with Crippen molar-refractivity contribution in [2.75, 3.05) is 14.2 Å². The Hall–Kier alpha value is -1.72. The molecule has 0 aliphatic rings. The Bertz CT molecular complexity index is 441. The van der Waals surface area contributed by atoms with E-state index < -0.39 is 12.6 Å². The molecule has 0 fully saturated rings. The van der Waals surface area contributed by atoms with Crippen molar-refractivity contribution in [2.45, 2.75) is 25.4 Å². The highest BCUT2D eigenvalue weighted by Crippen LogP contribution is 2.27. The molecule has 106 valence electrons. The molecule has 0 unspecified atom stereocenters. The first-order chi connectivity index (χ1) is 8.87. The van der Waals surface area contributed by atoms with Crippen LogP contribution in [-0.2, 0) is 0 Å². The third-order valence-electron chi connectivity index (χ3n) is 2.57. The molecule has 0 N–H and O–H groups in total. The largest absolute Gasteiger partial charge is 0.497 e. The fourth-order valence-corrected chi connectivity index (χ4v) is 1.61. The summed E-state index contributed by atoms with van der Waals surface area (Å²) in [6.07, 6.45) is -5.58. The molecule has 0 spiro atoms. The lowest BCUT2D eigenvalue weighted by Crippen LogP contribution is -2.09. The minimum absolute atomic E-state index is 0.164. The van der Waals surface area contributed by atoms with Gasteiger partial charge in [0.05, 0.1) is 19.8 Å². The summed E-state index contributed by atoms with van der Waals surface area (Å²) in [6, 6.07) is 4.59. The van der Waals surface area contributed by atoms with Gasteiger partial charge in [-0.25, -0.2) is 0 Å². The van der Waals surface area contributed by atoms with Gasteiger partial charge in [-0.1, -0.05) is 0 Å². The molecule has 0 aliphatic heterocycles. The van der Waals surface area contributed by atoms with Crippen LogP contribution in [0.4, 0.5) is 13.2 Å². The summed E-state index contributed by atoms with van der Waals surface area (Å²) in [5.41, 5.74) is 0.269. The van der Waals surface area contributed by atoms with Gasteiger partial charge in [-0.05, 0) is 18.6 Å². The molecular formula is C13H15F3O3. The minimum atomic E-state index is -4.23. The Balaban J connectivity index is 2.71. The van der Waals surface area contributed by atoms with E-state index >= 15 is 0 Å². The molecule has 6 heteroatoms. The Morgan fingerprint density at radius 3 is 2.42 bits per heavy atom. The van der Waals surface area contributed by atoms with Gasteiger partial charge in [-0.3, -0.25) is 4.79 Å². The van der Waals surface area contributed by atoms with E-state index in [4.69, 9.17) is 9.47 Å². The van der Waals surface area contributed by atoms with Crippen LogP contribution in [-0.4, -0.2) is 26.2 Å². The Labute approximate surface area is 109 Å². The van der Waals surface area contributed by atoms with E-state index in [2.05, 4.69) is 0 Å². The van der Waals surface area contributed by atoms with E-state index in [1.54, 1.807) is 6.07 Å². The SMILES string of the molecule is COc1ccc(C(=O)CCCC(F)(F)F)c(OC)c1. The zero-order valence-corrected chi connectivity index (χ0v) is 10.7. The molecule has 0 aliphatic carbocycles. The van der Waals surface area contributed by atoms with Crippen molar-refractivity contribution in [3.05, 3.63) is 23.8 Å². The summed E-state index contributed by atoms with van der Waals surface area (Å²) in [7, 11) is 2.86. The van der Waals surface area contributed by atoms with Crippen molar-refractivity contribution < 1.29 is 27.4 Å². The van der Waals surface area contributed by atoms with Gasteiger partial charge >= 0.3 is 6.18 Å². The van der Waals surface area contributed by atoms with Crippen molar-refractivity contribution in [3.63, 3.8) is 0 Å². The van der Waals surface area contributed by atoms with E-state index in [0.29, 0.717) is 11.5 Å². The number of Topliss-reactive ketones (excluding diaryl/α,β-unsaturated/α-hetero) is 1. The molecule has 0 atom stereocenters. The molecular weight excluding hydrogens is 261 g/mol. The minimum Gasteiger partial charge on any atom is -0.497 e. The standard InChI is InChI=1S/C13H15F3O3/c1-18-9-5-6-10(12(8-9)19-2)11(17)4-3-7-13(14,15)16/h5-6,8H,3-4,7H2,1-2H3. The number of alkyl halides is 3. The van der Waals surface area contributed by atoms with E-state index in [0.717, 1.165) is 0 Å². The summed E-state index contributed by atoms with van der Waals surface area (Å²) in [4.78, 5) is 11.8. The van der Waals surface area contributed by atoms with Gasteiger partial charge in [-0.15, -0.1) is 0 Å². The van der Waals surface area contributed by atoms with Crippen LogP contribution < -0.4 is 9.47 Å². The molecule has 0 bridgehead atoms. The number of hydrogen-bond acceptors (Lipinski definition) is 3. The van der Waals surface area contributed by atoms with E-state index in [1.807, 2.05) is 0 Å². The molecule has 1 rings (SSSR count). The number of methoxy groups -OCH3 is 2. The van der Waals surface area contributed by atoms with Crippen molar-refractivity contribution in [1.82, 2.24) is 0 Å². The third-order valence-corrected chi connectivity index (χ3v) is 2.57. The Morgan fingerprint density at radius 2 is 1.89 bits per heavy atom. The number of halogens is 3. The van der Waals surface area contributed by atoms with Gasteiger partial charge in [0, 0.05) is 18.9 Å². The molecule has 1 aromatic carbocycles. The summed E-state index contributed by atoms with van der Waals surface area (Å²) in [5, 5.41) is 0. The smallest absolute Gasteiger partial charge is 0.389 e. The van der Waals surface area contributed by atoms with Crippen molar-refractivity contribution in [3.8, 4) is 11.5 Å². The average molecular weight is 276 g/mol. The zero-order valence-electron chi connectivity index (χ0n) is 10.7. The first-order valence-corrected chi connectivity index (χ1v) is 5.69. The number of benzene rings is 1. The maximum absolute atomic E-state index is 12.0. The van der Waals surface area contributed by atoms with E-state index in [1.165, 1.54) is 26.4 Å². The van der Waals surface area contributed by atoms with Crippen LogP contribution in [0, 0.1) is 0 Å². The normalized spacial score (nSPS) is 11.2. The van der Waals surface area contributed by atoms with Gasteiger partial charge in [0.15, 0.2) is 5.78 Å². The van der Waals surface area contributed by atoms with Gasteiger partial charge in [-0.2, -0.15) is 13.2 Å². The molecule has 0 aromatic heterocycles. The van der Waals surface area contributed by atoms with Crippen LogP contribution in [0.1, 0.15) is 29.6 Å². The predicted octanol–water partition coefficient (Wildman–Crippen LogP) is 3.62. The number of carbonyl (C=O) groups is 1. The van der Waals surface area contributed by atoms with Gasteiger partial charge in [0.25, 0.3) is 0 Å². The third kappa shape index (κ3) is 4.81. The van der Waals surface area contributed by atoms with Gasteiger partial charge in [0.2, 0.25) is 0 Å². The van der Waals surface area contributed by atoms with Crippen LogP contribution in [0.3, 0.4) is 0 Å². The first-order valence-electron chi connectivity index (χ1n) is 5.69. The second-order valence-electron chi connectivity index (χ2n) is 3.96. The Kier molecular flexibility index (Phi) is 5.20. The fourth-order valence-electron chi connectivity index (χ4n) is 1.61. The molecule has 0 saturated carbocycles. The summed E-state index contributed by atoms with van der Waals surface area (Å²) < 4.78 is 46.0. The van der Waals surface area contributed by atoms with Crippen molar-refractivity contribution in [2.24, 2.45) is 0 Å². The quantitative estimate of drug-likeness (QED) is 0.744. The number of rotatable bonds is 6. The number of ether oxygens (including phenoxy) is 2. The number of carbonyl (C=O) groups excluding carboxylic acids is 1. The second kappa shape index (κ2) is 6.45. The predicted molar refractivity (Wildman–Crippen MR) is 63.8 cm³/mol. The maximum Gasteiger partial charge on any atom is 0.389 e. The van der Waals surface area contributed by atoms with E-state index in [-0.39, 0.29) is 24.2 Å². The monoisotopic (exact) mass is 276 g/mol. The van der Waals surface area contributed by atoms with Gasteiger partial charge in [0.1, 0.15) is 11.5 Å². The highest BCUT2D eigenvalue weighted by atomic mass is 19.4. The second-order valence-corrected chi connectivity index (χ2v) is 3.96. The summed E-state index contributed by atoms with van der Waals surface area (Å²) in [6.45, 7) is 0. The van der Waals surface area contributed by atoms with Crippen molar-refractivity contribution >= 4 is 5.78 Å². The lowest BCUT2D eigenvalue weighted by Gasteiger charge is -2.10. The summed E-state index contributed by atoms with van der Waals surface area (Å²) in [5.74, 6) is 0.448. The lowest BCUT2D eigenvalue weighted by molar-refractivity contribution is -0.135. The fraction of sp³-hybridized carbons (Fsp3) is 0.462. The molecule has 0 radical (unpaired) electrons. The molecule has 3 nitrogen and oxygen atoms in total. The topological polar surface area (TPSA) is 35.5 Å². The van der Waals surface area contributed by atoms with Gasteiger partial charge < -0.3 is 9.47 Å². The van der Waals surface area contributed by atoms with Crippen LogP contribution in [0.25, 0.3) is 0 Å². The summed E-state index contributed by atoms with van der Waals surface area (Å²) >= 11 is 0. The first kappa shape index (κ1) is 15.3. The van der Waals surface area contributed by atoms with Crippen molar-refractivity contribution in [1.29, 1.82) is 0 Å². The van der Waals surface area contributed by atoms with Crippen LogP contribution in [0.2, 0.25) is 0 Å². The average Bonchev–Trinajstić information content (AvgIpc) is 2.36. The maximum atomic E-state index is 12.0. The molecule has 0 heterocycles. The van der Waals surface area contributed by atoms with Crippen LogP contribution >= 0.6 is 0 Å². The highest BCUT2D eigenvalue weighted by molar-refractivity contribution is 5.98. The van der Waals surface area contributed by atoms with E-state index in [9.17, 15) is 18.0 Å². The molecule has 0 amide bonds. The van der Waals surface area contributed by atoms with Crippen LogP contribution in [0.15, 0.2) is 18.2 Å². The highest BCUT2D eigenvalue weighted by Gasteiger charge is 2.27. The number of hydrogen-bond donors (Lipinski definition) is 0. The lowest BCUT2D eigenvalue weighted by atomic mass is 10.0. The molecule has 19 heavy (non-hydrogen) atoms. The molecule has 0 saturated heterocycles. The Morgan fingerprint density at radius 1 is 1.21 bits per heavy atom. The molecule has 1 aromatic rings. The number of ketones is 1.